The van der Waals surface area contributed by atoms with Crippen LogP contribution in [-0.4, -0.2) is 27.8 Å². The molecule has 3 heterocycles. The van der Waals surface area contributed by atoms with Crippen molar-refractivity contribution in [3.8, 4) is 22.8 Å². The van der Waals surface area contributed by atoms with Gasteiger partial charge in [-0.2, -0.15) is 0 Å². The summed E-state index contributed by atoms with van der Waals surface area (Å²) in [6, 6.07) is 12.5. The molecule has 5 rings (SSSR count). The summed E-state index contributed by atoms with van der Waals surface area (Å²) in [4.78, 5) is 15.3. The summed E-state index contributed by atoms with van der Waals surface area (Å²) in [5.41, 5.74) is 6.00. The standard InChI is InChI=1S/C19H16N4O4S/c24-23(25)14-4-1-3-13(9-14)18-21-22-11-15(20-19(22)28-18)12-5-6-16-17(10-12)27-8-2-7-26-16/h1,3-6,9-11,18,21H,2,7-8H2. The summed E-state index contributed by atoms with van der Waals surface area (Å²) < 4.78 is 13.3. The lowest BCUT2D eigenvalue weighted by molar-refractivity contribution is -0.384. The molecule has 2 aliphatic rings. The SMILES string of the molecule is O=[N+]([O-])c1cccc(C2Nn3cc(-c4ccc5c(c4)OCCCO5)nc3S2)c1. The van der Waals surface area contributed by atoms with E-state index in [4.69, 9.17) is 14.5 Å². The highest BCUT2D eigenvalue weighted by Crippen LogP contribution is 2.41. The van der Waals surface area contributed by atoms with Gasteiger partial charge in [0.05, 0.1) is 30.0 Å². The Morgan fingerprint density at radius 2 is 2.04 bits per heavy atom. The molecule has 2 aromatic carbocycles. The van der Waals surface area contributed by atoms with Crippen LogP contribution in [0.15, 0.2) is 53.8 Å². The van der Waals surface area contributed by atoms with Crippen LogP contribution in [0.1, 0.15) is 17.4 Å². The number of imidazole rings is 1. The predicted octanol–water partition coefficient (Wildman–Crippen LogP) is 3.97. The van der Waals surface area contributed by atoms with Crippen LogP contribution >= 0.6 is 11.8 Å². The average molecular weight is 396 g/mol. The lowest BCUT2D eigenvalue weighted by Gasteiger charge is -2.11. The Morgan fingerprint density at radius 1 is 1.18 bits per heavy atom. The van der Waals surface area contributed by atoms with E-state index >= 15 is 0 Å². The molecule has 3 aromatic rings. The van der Waals surface area contributed by atoms with Gasteiger partial charge < -0.3 is 14.9 Å². The minimum absolute atomic E-state index is 0.0809. The van der Waals surface area contributed by atoms with E-state index in [0.717, 1.165) is 39.9 Å². The van der Waals surface area contributed by atoms with Gasteiger partial charge in [0, 0.05) is 24.1 Å². The van der Waals surface area contributed by atoms with Gasteiger partial charge in [-0.3, -0.25) is 10.1 Å². The Kier molecular flexibility index (Phi) is 4.09. The summed E-state index contributed by atoms with van der Waals surface area (Å²) in [7, 11) is 0. The van der Waals surface area contributed by atoms with Crippen LogP contribution in [0.3, 0.4) is 0 Å². The van der Waals surface area contributed by atoms with E-state index < -0.39 is 0 Å². The van der Waals surface area contributed by atoms with E-state index in [-0.39, 0.29) is 16.0 Å². The van der Waals surface area contributed by atoms with Crippen LogP contribution < -0.4 is 14.9 Å². The molecule has 0 saturated heterocycles. The number of nitrogens with one attached hydrogen (secondary N) is 1. The summed E-state index contributed by atoms with van der Waals surface area (Å²) in [6.45, 7) is 1.29. The van der Waals surface area contributed by atoms with Crippen LogP contribution in [0.4, 0.5) is 5.69 Å². The lowest BCUT2D eigenvalue weighted by Crippen LogP contribution is -2.11. The number of non-ortho nitro benzene ring substituents is 1. The van der Waals surface area contributed by atoms with Crippen molar-refractivity contribution in [2.24, 2.45) is 0 Å². The quantitative estimate of drug-likeness (QED) is 0.529. The fourth-order valence-electron chi connectivity index (χ4n) is 3.20. The van der Waals surface area contributed by atoms with Crippen molar-refractivity contribution in [1.82, 2.24) is 9.66 Å². The van der Waals surface area contributed by atoms with Gasteiger partial charge in [-0.15, -0.1) is 0 Å². The molecular formula is C19H16N4O4S. The first kappa shape index (κ1) is 16.9. The molecule has 1 unspecified atom stereocenters. The normalized spacial score (nSPS) is 17.5. The summed E-state index contributed by atoms with van der Waals surface area (Å²) in [5.74, 6) is 1.49. The van der Waals surface area contributed by atoms with Crippen molar-refractivity contribution in [3.63, 3.8) is 0 Å². The van der Waals surface area contributed by atoms with Crippen LogP contribution in [0.2, 0.25) is 0 Å². The molecule has 0 spiro atoms. The number of aromatic nitrogens is 2. The molecule has 1 atom stereocenters. The topological polar surface area (TPSA) is 91.5 Å². The average Bonchev–Trinajstić information content (AvgIpc) is 3.19. The van der Waals surface area contributed by atoms with Gasteiger partial charge in [0.15, 0.2) is 16.7 Å². The van der Waals surface area contributed by atoms with Crippen LogP contribution in [0, 0.1) is 10.1 Å². The highest BCUT2D eigenvalue weighted by atomic mass is 32.2. The van der Waals surface area contributed by atoms with E-state index in [1.165, 1.54) is 17.8 Å². The van der Waals surface area contributed by atoms with Crippen LogP contribution in [-0.2, 0) is 0 Å². The molecular weight excluding hydrogens is 380 g/mol. The Balaban J connectivity index is 1.38. The maximum Gasteiger partial charge on any atom is 0.269 e. The van der Waals surface area contributed by atoms with Crippen molar-refractivity contribution in [3.05, 3.63) is 64.3 Å². The van der Waals surface area contributed by atoms with Gasteiger partial charge in [0.2, 0.25) is 0 Å². The number of ether oxygens (including phenoxy) is 2. The molecule has 0 fully saturated rings. The Morgan fingerprint density at radius 3 is 2.86 bits per heavy atom. The van der Waals surface area contributed by atoms with Gasteiger partial charge in [-0.25, -0.2) is 9.66 Å². The van der Waals surface area contributed by atoms with Crippen molar-refractivity contribution in [1.29, 1.82) is 0 Å². The minimum Gasteiger partial charge on any atom is -0.490 e. The van der Waals surface area contributed by atoms with Crippen molar-refractivity contribution in [2.45, 2.75) is 17.0 Å². The highest BCUT2D eigenvalue weighted by Gasteiger charge is 2.27. The zero-order valence-electron chi connectivity index (χ0n) is 14.7. The number of hydrogen-bond acceptors (Lipinski definition) is 7. The number of rotatable bonds is 3. The van der Waals surface area contributed by atoms with Crippen LogP contribution in [0.5, 0.6) is 11.5 Å². The monoisotopic (exact) mass is 396 g/mol. The maximum atomic E-state index is 11.0. The van der Waals surface area contributed by atoms with Gasteiger partial charge in [0.25, 0.3) is 5.69 Å². The molecule has 8 nitrogen and oxygen atoms in total. The first-order valence-electron chi connectivity index (χ1n) is 8.84. The minimum atomic E-state index is -0.385. The fourth-order valence-corrected chi connectivity index (χ4v) is 4.23. The van der Waals surface area contributed by atoms with Crippen molar-refractivity contribution < 1.29 is 14.4 Å². The number of nitrogens with zero attached hydrogens (tertiary/aromatic N) is 3. The highest BCUT2D eigenvalue weighted by molar-refractivity contribution is 7.99. The van der Waals surface area contributed by atoms with Crippen LogP contribution in [0.25, 0.3) is 11.3 Å². The molecule has 1 N–H and O–H groups in total. The Hall–Kier alpha value is -3.20. The molecule has 2 aliphatic heterocycles. The summed E-state index contributed by atoms with van der Waals surface area (Å²) >= 11 is 1.52. The van der Waals surface area contributed by atoms with E-state index in [0.29, 0.717) is 13.2 Å². The molecule has 28 heavy (non-hydrogen) atoms. The van der Waals surface area contributed by atoms with E-state index in [1.54, 1.807) is 12.1 Å². The molecule has 1 aromatic heterocycles. The van der Waals surface area contributed by atoms with Gasteiger partial charge >= 0.3 is 0 Å². The number of nitro groups is 1. The smallest absolute Gasteiger partial charge is 0.269 e. The number of fused-ring (bicyclic) bond motifs is 2. The molecule has 142 valence electrons. The van der Waals surface area contributed by atoms with Gasteiger partial charge in [-0.05, 0) is 23.8 Å². The molecule has 0 amide bonds. The number of hydrogen-bond donors (Lipinski definition) is 1. The lowest BCUT2D eigenvalue weighted by atomic mass is 10.1. The van der Waals surface area contributed by atoms with E-state index in [1.807, 2.05) is 35.1 Å². The van der Waals surface area contributed by atoms with Gasteiger partial charge in [-0.1, -0.05) is 23.9 Å². The molecule has 9 heteroatoms. The summed E-state index contributed by atoms with van der Waals surface area (Å²) in [5, 5.41) is 11.7. The second-order valence-corrected chi connectivity index (χ2v) is 7.54. The first-order valence-corrected chi connectivity index (χ1v) is 9.72. The fraction of sp³-hybridized carbons (Fsp3) is 0.211. The third kappa shape index (κ3) is 3.03. The first-order chi connectivity index (χ1) is 13.7. The third-order valence-electron chi connectivity index (χ3n) is 4.58. The molecule has 0 saturated carbocycles. The molecule has 0 aliphatic carbocycles. The van der Waals surface area contributed by atoms with Gasteiger partial charge in [0.1, 0.15) is 5.37 Å². The van der Waals surface area contributed by atoms with E-state index in [9.17, 15) is 10.1 Å². The van der Waals surface area contributed by atoms with Crippen molar-refractivity contribution in [2.75, 3.05) is 18.6 Å². The maximum absolute atomic E-state index is 11.0. The number of benzene rings is 2. The van der Waals surface area contributed by atoms with E-state index in [2.05, 4.69) is 5.43 Å². The Bertz CT molecular complexity index is 1040. The second-order valence-electron chi connectivity index (χ2n) is 6.47. The Labute approximate surface area is 164 Å². The molecule has 0 bridgehead atoms. The third-order valence-corrected chi connectivity index (χ3v) is 5.69. The zero-order valence-corrected chi connectivity index (χ0v) is 15.5. The number of nitro benzene ring substituents is 1. The van der Waals surface area contributed by atoms with Crippen molar-refractivity contribution >= 4 is 17.4 Å². The summed E-state index contributed by atoms with van der Waals surface area (Å²) in [6.07, 6.45) is 2.78. The zero-order chi connectivity index (χ0) is 19.1. The molecule has 0 radical (unpaired) electrons. The predicted molar refractivity (Wildman–Crippen MR) is 104 cm³/mol. The largest absolute Gasteiger partial charge is 0.490 e. The second kappa shape index (κ2) is 6.75. The number of thioether (sulfide) groups is 1.